The summed E-state index contributed by atoms with van der Waals surface area (Å²) in [5.41, 5.74) is 8.54. The van der Waals surface area contributed by atoms with Gasteiger partial charge in [-0.25, -0.2) is 0 Å². The van der Waals surface area contributed by atoms with Crippen molar-refractivity contribution in [1.29, 1.82) is 0 Å². The van der Waals surface area contributed by atoms with E-state index in [0.29, 0.717) is 11.5 Å². The fourth-order valence-corrected chi connectivity index (χ4v) is 1.56. The van der Waals surface area contributed by atoms with Crippen molar-refractivity contribution in [3.63, 3.8) is 0 Å². The number of rotatable bonds is 2. The van der Waals surface area contributed by atoms with E-state index in [-0.39, 0.29) is 5.78 Å². The first-order chi connectivity index (χ1) is 6.18. The van der Waals surface area contributed by atoms with Gasteiger partial charge in [0.2, 0.25) is 0 Å². The summed E-state index contributed by atoms with van der Waals surface area (Å²) in [7, 11) is 0. The zero-order chi connectivity index (χ0) is 9.42. The Balaban J connectivity index is 2.36. The summed E-state index contributed by atoms with van der Waals surface area (Å²) in [5.74, 6) is 0.732. The van der Waals surface area contributed by atoms with E-state index < -0.39 is 0 Å². The molecule has 1 aromatic carbocycles. The summed E-state index contributed by atoms with van der Waals surface area (Å²) >= 11 is 0. The highest BCUT2D eigenvalue weighted by molar-refractivity contribution is 5.95. The Kier molecular flexibility index (Phi) is 1.83. The largest absolute Gasteiger partial charge is 0.398 e. The lowest BCUT2D eigenvalue weighted by Gasteiger charge is -2.04. The lowest BCUT2D eigenvalue weighted by Crippen LogP contribution is -1.97. The molecule has 1 aromatic rings. The standard InChI is InChI=1S/C11H13NO/c1-7(13)9-4-5-10(8-2-3-8)11(12)6-9/h4-6,8H,2-3,12H2,1H3. The average Bonchev–Trinajstić information content (AvgIpc) is 2.87. The van der Waals surface area contributed by atoms with Gasteiger partial charge in [-0.3, -0.25) is 4.79 Å². The predicted octanol–water partition coefficient (Wildman–Crippen LogP) is 2.35. The Bertz CT molecular complexity index is 353. The summed E-state index contributed by atoms with van der Waals surface area (Å²) < 4.78 is 0. The first kappa shape index (κ1) is 8.30. The van der Waals surface area contributed by atoms with Crippen LogP contribution in [0.1, 0.15) is 41.6 Å². The van der Waals surface area contributed by atoms with Crippen LogP contribution in [-0.4, -0.2) is 5.78 Å². The number of carbonyl (C=O) groups excluding carboxylic acids is 1. The number of hydrogen-bond donors (Lipinski definition) is 1. The van der Waals surface area contributed by atoms with Crippen LogP contribution in [0.3, 0.4) is 0 Å². The Hall–Kier alpha value is -1.31. The van der Waals surface area contributed by atoms with Gasteiger partial charge < -0.3 is 5.73 Å². The van der Waals surface area contributed by atoms with Crippen molar-refractivity contribution in [2.24, 2.45) is 0 Å². The van der Waals surface area contributed by atoms with Crippen LogP contribution in [0.2, 0.25) is 0 Å². The molecular weight excluding hydrogens is 162 g/mol. The maximum absolute atomic E-state index is 11.0. The van der Waals surface area contributed by atoms with Crippen LogP contribution in [0.4, 0.5) is 5.69 Å². The Morgan fingerprint density at radius 3 is 2.62 bits per heavy atom. The van der Waals surface area contributed by atoms with Crippen LogP contribution < -0.4 is 5.73 Å². The van der Waals surface area contributed by atoms with Gasteiger partial charge in [0.1, 0.15) is 0 Å². The van der Waals surface area contributed by atoms with E-state index in [4.69, 9.17) is 5.73 Å². The Morgan fingerprint density at radius 2 is 2.15 bits per heavy atom. The topological polar surface area (TPSA) is 43.1 Å². The minimum Gasteiger partial charge on any atom is -0.398 e. The summed E-state index contributed by atoms with van der Waals surface area (Å²) in [4.78, 5) is 11.0. The molecule has 0 saturated heterocycles. The third-order valence-corrected chi connectivity index (χ3v) is 2.51. The van der Waals surface area contributed by atoms with E-state index in [1.807, 2.05) is 12.1 Å². The maximum Gasteiger partial charge on any atom is 0.159 e. The second-order valence-corrected chi connectivity index (χ2v) is 3.67. The molecule has 13 heavy (non-hydrogen) atoms. The van der Waals surface area contributed by atoms with Gasteiger partial charge in [0.25, 0.3) is 0 Å². The number of carbonyl (C=O) groups is 1. The number of benzene rings is 1. The van der Waals surface area contributed by atoms with Crippen molar-refractivity contribution in [3.8, 4) is 0 Å². The van der Waals surface area contributed by atoms with E-state index in [1.165, 1.54) is 18.4 Å². The fourth-order valence-electron chi connectivity index (χ4n) is 1.56. The molecule has 1 fully saturated rings. The smallest absolute Gasteiger partial charge is 0.159 e. The molecule has 0 aromatic heterocycles. The zero-order valence-electron chi connectivity index (χ0n) is 7.71. The minimum atomic E-state index is 0.0778. The lowest BCUT2D eigenvalue weighted by molar-refractivity contribution is 0.101. The molecule has 0 amide bonds. The van der Waals surface area contributed by atoms with Crippen LogP contribution in [0.25, 0.3) is 0 Å². The van der Waals surface area contributed by atoms with Gasteiger partial charge in [0.05, 0.1) is 0 Å². The number of Topliss-reactive ketones (excluding diaryl/α,β-unsaturated/α-hetero) is 1. The van der Waals surface area contributed by atoms with Crippen molar-refractivity contribution in [1.82, 2.24) is 0 Å². The molecule has 0 heterocycles. The van der Waals surface area contributed by atoms with Crippen LogP contribution in [0.5, 0.6) is 0 Å². The zero-order valence-corrected chi connectivity index (χ0v) is 7.71. The maximum atomic E-state index is 11.0. The van der Waals surface area contributed by atoms with Crippen molar-refractivity contribution in [2.45, 2.75) is 25.7 Å². The molecule has 0 atom stereocenters. The summed E-state index contributed by atoms with van der Waals surface area (Å²) in [5, 5.41) is 0. The van der Waals surface area contributed by atoms with Gasteiger partial charge in [0.15, 0.2) is 5.78 Å². The fraction of sp³-hybridized carbons (Fsp3) is 0.364. The molecule has 2 N–H and O–H groups in total. The molecule has 0 bridgehead atoms. The molecule has 2 rings (SSSR count). The van der Waals surface area contributed by atoms with Crippen LogP contribution >= 0.6 is 0 Å². The highest BCUT2D eigenvalue weighted by Crippen LogP contribution is 2.42. The predicted molar refractivity (Wildman–Crippen MR) is 52.8 cm³/mol. The number of hydrogen-bond acceptors (Lipinski definition) is 2. The van der Waals surface area contributed by atoms with Gasteiger partial charge >= 0.3 is 0 Å². The van der Waals surface area contributed by atoms with Crippen LogP contribution in [0.15, 0.2) is 18.2 Å². The molecule has 1 aliphatic carbocycles. The molecule has 68 valence electrons. The second kappa shape index (κ2) is 2.87. The Morgan fingerprint density at radius 1 is 1.46 bits per heavy atom. The molecule has 0 unspecified atom stereocenters. The average molecular weight is 175 g/mol. The van der Waals surface area contributed by atoms with Crippen molar-refractivity contribution in [2.75, 3.05) is 5.73 Å². The first-order valence-corrected chi connectivity index (χ1v) is 4.59. The van der Waals surface area contributed by atoms with Gasteiger partial charge in [-0.15, -0.1) is 0 Å². The molecule has 2 nitrogen and oxygen atoms in total. The molecule has 0 spiro atoms. The second-order valence-electron chi connectivity index (χ2n) is 3.67. The SMILES string of the molecule is CC(=O)c1ccc(C2CC2)c(N)c1. The highest BCUT2D eigenvalue weighted by Gasteiger charge is 2.25. The highest BCUT2D eigenvalue weighted by atomic mass is 16.1. The van der Waals surface area contributed by atoms with E-state index >= 15 is 0 Å². The monoisotopic (exact) mass is 175 g/mol. The quantitative estimate of drug-likeness (QED) is 0.553. The number of nitrogen functional groups attached to an aromatic ring is 1. The van der Waals surface area contributed by atoms with Gasteiger partial charge in [-0.1, -0.05) is 12.1 Å². The number of ketones is 1. The number of nitrogens with two attached hydrogens (primary N) is 1. The van der Waals surface area contributed by atoms with Crippen LogP contribution in [-0.2, 0) is 0 Å². The normalized spacial score (nSPS) is 15.8. The molecule has 0 radical (unpaired) electrons. The van der Waals surface area contributed by atoms with E-state index in [0.717, 1.165) is 5.69 Å². The van der Waals surface area contributed by atoms with Gasteiger partial charge in [-0.2, -0.15) is 0 Å². The summed E-state index contributed by atoms with van der Waals surface area (Å²) in [6.45, 7) is 1.56. The van der Waals surface area contributed by atoms with Gasteiger partial charge in [-0.05, 0) is 37.3 Å². The van der Waals surface area contributed by atoms with Crippen molar-refractivity contribution >= 4 is 11.5 Å². The van der Waals surface area contributed by atoms with Crippen LogP contribution in [0, 0.1) is 0 Å². The lowest BCUT2D eigenvalue weighted by atomic mass is 10.0. The molecule has 1 saturated carbocycles. The van der Waals surface area contributed by atoms with Gasteiger partial charge in [0, 0.05) is 11.3 Å². The first-order valence-electron chi connectivity index (χ1n) is 4.59. The third-order valence-electron chi connectivity index (χ3n) is 2.51. The summed E-state index contributed by atoms with van der Waals surface area (Å²) in [6, 6.07) is 5.64. The summed E-state index contributed by atoms with van der Waals surface area (Å²) in [6.07, 6.45) is 2.48. The minimum absolute atomic E-state index is 0.0778. The van der Waals surface area contributed by atoms with E-state index in [9.17, 15) is 4.79 Å². The third kappa shape index (κ3) is 1.57. The molecule has 1 aliphatic rings. The van der Waals surface area contributed by atoms with Crippen molar-refractivity contribution < 1.29 is 4.79 Å². The molecular formula is C11H13NO. The van der Waals surface area contributed by atoms with E-state index in [1.54, 1.807) is 13.0 Å². The van der Waals surface area contributed by atoms with E-state index in [2.05, 4.69) is 0 Å². The molecule has 2 heteroatoms. The van der Waals surface area contributed by atoms with Crippen molar-refractivity contribution in [3.05, 3.63) is 29.3 Å². The Labute approximate surface area is 77.8 Å². The number of anilines is 1. The molecule has 0 aliphatic heterocycles.